The van der Waals surface area contributed by atoms with Gasteiger partial charge >= 0.3 is 0 Å². The predicted octanol–water partition coefficient (Wildman–Crippen LogP) is 2.52. The van der Waals surface area contributed by atoms with E-state index >= 15 is 0 Å². The summed E-state index contributed by atoms with van der Waals surface area (Å²) in [5.74, 6) is 0.209. The predicted molar refractivity (Wildman–Crippen MR) is 94.7 cm³/mol. The van der Waals surface area contributed by atoms with Crippen molar-refractivity contribution >= 4 is 9.84 Å². The molecule has 1 aliphatic heterocycles. The molecule has 0 unspecified atom stereocenters. The van der Waals surface area contributed by atoms with Gasteiger partial charge in [-0.1, -0.05) is 18.2 Å². The molecule has 130 valence electrons. The lowest BCUT2D eigenvalue weighted by atomic mass is 10.2. The van der Waals surface area contributed by atoms with Gasteiger partial charge in [-0.15, -0.1) is 0 Å². The lowest BCUT2D eigenvalue weighted by Gasteiger charge is -2.24. The molecule has 0 radical (unpaired) electrons. The van der Waals surface area contributed by atoms with Crippen molar-refractivity contribution in [3.05, 3.63) is 48.3 Å². The Morgan fingerprint density at radius 1 is 1.25 bits per heavy atom. The standard InChI is InChI=1S/C18H25N3O2S/c1-16-13-19-21(14-16)15-17-7-5-10-20(17)11-6-12-24(22,23)18-8-3-2-4-9-18/h2-4,8-9,13-14,17H,5-7,10-12,15H2,1H3/t17-/m1/s1. The van der Waals surface area contributed by atoms with Crippen molar-refractivity contribution in [2.24, 2.45) is 0 Å². The maximum Gasteiger partial charge on any atom is 0.178 e. The van der Waals surface area contributed by atoms with Gasteiger partial charge in [-0.25, -0.2) is 8.42 Å². The Balaban J connectivity index is 1.52. The van der Waals surface area contributed by atoms with Crippen molar-refractivity contribution in [1.29, 1.82) is 0 Å². The van der Waals surface area contributed by atoms with Gasteiger partial charge in [0.2, 0.25) is 0 Å². The molecule has 5 nitrogen and oxygen atoms in total. The van der Waals surface area contributed by atoms with Crippen molar-refractivity contribution in [3.8, 4) is 0 Å². The molecular formula is C18H25N3O2S. The van der Waals surface area contributed by atoms with Gasteiger partial charge in [0, 0.05) is 12.2 Å². The van der Waals surface area contributed by atoms with Gasteiger partial charge in [-0.3, -0.25) is 9.58 Å². The van der Waals surface area contributed by atoms with E-state index < -0.39 is 9.84 Å². The molecule has 1 aliphatic rings. The van der Waals surface area contributed by atoms with Crippen molar-refractivity contribution in [2.75, 3.05) is 18.8 Å². The molecule has 1 atom stereocenters. The lowest BCUT2D eigenvalue weighted by molar-refractivity contribution is 0.228. The minimum Gasteiger partial charge on any atom is -0.299 e. The molecule has 0 N–H and O–H groups in total. The van der Waals surface area contributed by atoms with Gasteiger partial charge in [0.15, 0.2) is 9.84 Å². The van der Waals surface area contributed by atoms with E-state index in [1.54, 1.807) is 24.3 Å². The minimum absolute atomic E-state index is 0.209. The molecule has 0 saturated carbocycles. The van der Waals surface area contributed by atoms with E-state index in [-0.39, 0.29) is 5.75 Å². The summed E-state index contributed by atoms with van der Waals surface area (Å²) in [6.07, 6.45) is 6.95. The molecule has 6 heteroatoms. The van der Waals surface area contributed by atoms with E-state index in [0.717, 1.165) is 26.1 Å². The van der Waals surface area contributed by atoms with E-state index in [0.29, 0.717) is 17.4 Å². The highest BCUT2D eigenvalue weighted by Gasteiger charge is 2.25. The fourth-order valence-electron chi connectivity index (χ4n) is 3.38. The number of aryl methyl sites for hydroxylation is 1. The fourth-order valence-corrected chi connectivity index (χ4v) is 4.70. The third kappa shape index (κ3) is 4.24. The summed E-state index contributed by atoms with van der Waals surface area (Å²) in [6, 6.07) is 9.20. The van der Waals surface area contributed by atoms with E-state index in [1.807, 2.05) is 23.9 Å². The largest absolute Gasteiger partial charge is 0.299 e. The topological polar surface area (TPSA) is 55.2 Å². The van der Waals surface area contributed by atoms with Crippen LogP contribution in [0, 0.1) is 6.92 Å². The van der Waals surface area contributed by atoms with Gasteiger partial charge in [-0.2, -0.15) is 5.10 Å². The monoisotopic (exact) mass is 347 g/mol. The third-order valence-electron chi connectivity index (χ3n) is 4.62. The summed E-state index contributed by atoms with van der Waals surface area (Å²) in [5, 5.41) is 4.37. The average molecular weight is 347 g/mol. The first-order valence-electron chi connectivity index (χ1n) is 8.55. The van der Waals surface area contributed by atoms with Gasteiger partial charge in [-0.05, 0) is 57.0 Å². The van der Waals surface area contributed by atoms with Crippen LogP contribution < -0.4 is 0 Å². The second-order valence-corrected chi connectivity index (χ2v) is 8.67. The maximum absolute atomic E-state index is 12.3. The number of benzene rings is 1. The Hall–Kier alpha value is -1.66. The molecule has 1 fully saturated rings. The molecule has 0 amide bonds. The number of hydrogen-bond acceptors (Lipinski definition) is 4. The Bertz CT molecular complexity index is 756. The second-order valence-electron chi connectivity index (χ2n) is 6.56. The van der Waals surface area contributed by atoms with Gasteiger partial charge in [0.05, 0.1) is 23.4 Å². The molecule has 2 heterocycles. The average Bonchev–Trinajstić information content (AvgIpc) is 3.18. The molecular weight excluding hydrogens is 322 g/mol. The highest BCUT2D eigenvalue weighted by Crippen LogP contribution is 2.20. The van der Waals surface area contributed by atoms with Gasteiger partial charge in [0.25, 0.3) is 0 Å². The Kier molecular flexibility index (Phi) is 5.36. The normalized spacial score (nSPS) is 19.0. The number of rotatable bonds is 7. The van der Waals surface area contributed by atoms with E-state index in [4.69, 9.17) is 0 Å². The van der Waals surface area contributed by atoms with Crippen molar-refractivity contribution in [3.63, 3.8) is 0 Å². The van der Waals surface area contributed by atoms with Crippen molar-refractivity contribution in [1.82, 2.24) is 14.7 Å². The second kappa shape index (κ2) is 7.49. The van der Waals surface area contributed by atoms with E-state index in [2.05, 4.69) is 16.2 Å². The summed E-state index contributed by atoms with van der Waals surface area (Å²) >= 11 is 0. The van der Waals surface area contributed by atoms with Crippen LogP contribution in [-0.2, 0) is 16.4 Å². The van der Waals surface area contributed by atoms with Gasteiger partial charge < -0.3 is 0 Å². The molecule has 1 aromatic carbocycles. The zero-order chi connectivity index (χ0) is 17.0. The number of nitrogens with zero attached hydrogens (tertiary/aromatic N) is 3. The SMILES string of the molecule is Cc1cnn(C[C@H]2CCCN2CCCS(=O)(=O)c2ccccc2)c1. The molecule has 0 spiro atoms. The molecule has 2 aromatic rings. The van der Waals surface area contributed by atoms with Crippen LogP contribution in [0.3, 0.4) is 0 Å². The molecule has 24 heavy (non-hydrogen) atoms. The fraction of sp³-hybridized carbons (Fsp3) is 0.500. The molecule has 0 aliphatic carbocycles. The Labute approximate surface area is 144 Å². The minimum atomic E-state index is -3.17. The number of hydrogen-bond donors (Lipinski definition) is 0. The zero-order valence-corrected chi connectivity index (χ0v) is 15.0. The molecule has 1 aromatic heterocycles. The van der Waals surface area contributed by atoms with Crippen LogP contribution in [0.1, 0.15) is 24.8 Å². The first-order valence-corrected chi connectivity index (χ1v) is 10.2. The first kappa shape index (κ1) is 17.2. The summed E-state index contributed by atoms with van der Waals surface area (Å²) in [6.45, 7) is 4.82. The maximum atomic E-state index is 12.3. The smallest absolute Gasteiger partial charge is 0.178 e. The third-order valence-corrected chi connectivity index (χ3v) is 6.44. The first-order chi connectivity index (χ1) is 11.5. The number of sulfone groups is 1. The Morgan fingerprint density at radius 3 is 2.75 bits per heavy atom. The summed E-state index contributed by atoms with van der Waals surface area (Å²) in [7, 11) is -3.17. The van der Waals surface area contributed by atoms with E-state index in [1.165, 1.54) is 12.0 Å². The molecule has 0 bridgehead atoms. The number of aromatic nitrogens is 2. The van der Waals surface area contributed by atoms with Crippen LogP contribution in [-0.4, -0.2) is 48.0 Å². The van der Waals surface area contributed by atoms with Crippen LogP contribution in [0.15, 0.2) is 47.6 Å². The van der Waals surface area contributed by atoms with Crippen LogP contribution in [0.4, 0.5) is 0 Å². The molecule has 1 saturated heterocycles. The quantitative estimate of drug-likeness (QED) is 0.772. The van der Waals surface area contributed by atoms with Crippen LogP contribution in [0.25, 0.3) is 0 Å². The van der Waals surface area contributed by atoms with E-state index in [9.17, 15) is 8.42 Å². The molecule has 3 rings (SSSR count). The Morgan fingerprint density at radius 2 is 2.04 bits per heavy atom. The van der Waals surface area contributed by atoms with Crippen molar-refractivity contribution < 1.29 is 8.42 Å². The highest BCUT2D eigenvalue weighted by atomic mass is 32.2. The van der Waals surface area contributed by atoms with Crippen LogP contribution in [0.2, 0.25) is 0 Å². The van der Waals surface area contributed by atoms with Gasteiger partial charge in [0.1, 0.15) is 0 Å². The summed E-state index contributed by atoms with van der Waals surface area (Å²) in [4.78, 5) is 2.84. The summed E-state index contributed by atoms with van der Waals surface area (Å²) < 4.78 is 26.7. The van der Waals surface area contributed by atoms with Crippen LogP contribution in [0.5, 0.6) is 0 Å². The van der Waals surface area contributed by atoms with Crippen LogP contribution >= 0.6 is 0 Å². The van der Waals surface area contributed by atoms with Crippen molar-refractivity contribution in [2.45, 2.75) is 43.7 Å². The highest BCUT2D eigenvalue weighted by molar-refractivity contribution is 7.91. The number of likely N-dealkylation sites (tertiary alicyclic amines) is 1. The summed E-state index contributed by atoms with van der Waals surface area (Å²) in [5.41, 5.74) is 1.17. The zero-order valence-electron chi connectivity index (χ0n) is 14.1. The lowest BCUT2D eigenvalue weighted by Crippen LogP contribution is -2.34.